The van der Waals surface area contributed by atoms with Crippen LogP contribution in [0.1, 0.15) is 43.9 Å². The van der Waals surface area contributed by atoms with Crippen LogP contribution in [0.4, 0.5) is 15.9 Å². The van der Waals surface area contributed by atoms with E-state index in [4.69, 9.17) is 0 Å². The monoisotopic (exact) mass is 476 g/mol. The van der Waals surface area contributed by atoms with Crippen molar-refractivity contribution in [2.24, 2.45) is 0 Å². The summed E-state index contributed by atoms with van der Waals surface area (Å²) in [6.45, 7) is 5.52. The lowest BCUT2D eigenvalue weighted by Crippen LogP contribution is -2.46. The van der Waals surface area contributed by atoms with Gasteiger partial charge in [0.1, 0.15) is 17.7 Å². The first kappa shape index (κ1) is 25.6. The number of aromatic nitrogens is 1. The minimum absolute atomic E-state index is 0.0976. The molecule has 182 valence electrons. The van der Waals surface area contributed by atoms with E-state index in [0.717, 1.165) is 5.56 Å². The van der Waals surface area contributed by atoms with Crippen LogP contribution >= 0.6 is 0 Å². The van der Waals surface area contributed by atoms with Crippen molar-refractivity contribution >= 4 is 29.2 Å². The number of aryl methyl sites for hydroxylation is 1. The molecule has 0 fully saturated rings. The lowest BCUT2D eigenvalue weighted by molar-refractivity contribution is -0.127. The number of anilines is 2. The van der Waals surface area contributed by atoms with E-state index in [1.54, 1.807) is 42.6 Å². The highest BCUT2D eigenvalue weighted by Crippen LogP contribution is 2.30. The average Bonchev–Trinajstić information content (AvgIpc) is 2.82. The molecule has 0 aliphatic carbocycles. The lowest BCUT2D eigenvalue weighted by Gasteiger charge is -2.32. The van der Waals surface area contributed by atoms with Crippen LogP contribution in [0.3, 0.4) is 0 Å². The molecule has 7 nitrogen and oxygen atoms in total. The molecule has 0 saturated carbocycles. The van der Waals surface area contributed by atoms with Gasteiger partial charge in [-0.3, -0.25) is 19.3 Å². The van der Waals surface area contributed by atoms with E-state index in [9.17, 15) is 18.8 Å². The number of carbonyl (C=O) groups is 3. The normalized spacial score (nSPS) is 11.6. The molecule has 2 aromatic carbocycles. The van der Waals surface area contributed by atoms with Gasteiger partial charge >= 0.3 is 0 Å². The van der Waals surface area contributed by atoms with Crippen LogP contribution < -0.4 is 15.5 Å². The van der Waals surface area contributed by atoms with E-state index in [1.807, 2.05) is 26.8 Å². The number of rotatable bonds is 9. The number of hydrogen-bond acceptors (Lipinski definition) is 4. The van der Waals surface area contributed by atoms with Crippen LogP contribution in [0.2, 0.25) is 0 Å². The standard InChI is InChI=1S/C27H29FN4O3/c1-18(2)30-27(35)26(20-10-12-21(28)13-11-20)32(22-8-6-7-19(3)17-22)25(34)15-14-24(33)31-23-9-4-5-16-29-23/h4-13,16-18,26H,14-15H2,1-3H3,(H,30,35)(H,29,31,33)/t26-/m1/s1. The first-order valence-corrected chi connectivity index (χ1v) is 11.4. The average molecular weight is 477 g/mol. The molecule has 0 unspecified atom stereocenters. The fourth-order valence-electron chi connectivity index (χ4n) is 3.62. The highest BCUT2D eigenvalue weighted by Gasteiger charge is 2.33. The van der Waals surface area contributed by atoms with Gasteiger partial charge in [0.15, 0.2) is 0 Å². The SMILES string of the molecule is Cc1cccc(N(C(=O)CCC(=O)Nc2ccccn2)[C@@H](C(=O)NC(C)C)c2ccc(F)cc2)c1. The van der Waals surface area contributed by atoms with E-state index in [1.165, 1.54) is 29.2 Å². The summed E-state index contributed by atoms with van der Waals surface area (Å²) in [5, 5.41) is 5.52. The van der Waals surface area contributed by atoms with Gasteiger partial charge in [-0.15, -0.1) is 0 Å². The fraction of sp³-hybridized carbons (Fsp3) is 0.259. The van der Waals surface area contributed by atoms with Gasteiger partial charge in [-0.05, 0) is 68.3 Å². The van der Waals surface area contributed by atoms with Gasteiger partial charge in [0, 0.05) is 30.8 Å². The fourth-order valence-corrected chi connectivity index (χ4v) is 3.62. The van der Waals surface area contributed by atoms with Gasteiger partial charge in [-0.1, -0.05) is 30.3 Å². The first-order chi connectivity index (χ1) is 16.7. The topological polar surface area (TPSA) is 91.4 Å². The van der Waals surface area contributed by atoms with Crippen LogP contribution in [0.25, 0.3) is 0 Å². The van der Waals surface area contributed by atoms with Crippen LogP contribution in [-0.4, -0.2) is 28.7 Å². The zero-order valence-electron chi connectivity index (χ0n) is 20.0. The van der Waals surface area contributed by atoms with Crippen molar-refractivity contribution in [3.8, 4) is 0 Å². The second kappa shape index (κ2) is 11.9. The summed E-state index contributed by atoms with van der Waals surface area (Å²) in [5.41, 5.74) is 1.86. The maximum Gasteiger partial charge on any atom is 0.248 e. The number of halogens is 1. The second-order valence-electron chi connectivity index (χ2n) is 8.48. The highest BCUT2D eigenvalue weighted by molar-refractivity contribution is 6.03. The van der Waals surface area contributed by atoms with Gasteiger partial charge < -0.3 is 10.6 Å². The molecule has 8 heteroatoms. The minimum Gasteiger partial charge on any atom is -0.352 e. The van der Waals surface area contributed by atoms with Crippen molar-refractivity contribution in [1.82, 2.24) is 10.3 Å². The Hall–Kier alpha value is -4.07. The van der Waals surface area contributed by atoms with E-state index in [2.05, 4.69) is 15.6 Å². The third kappa shape index (κ3) is 7.20. The molecule has 1 atom stereocenters. The Morgan fingerprint density at radius 2 is 1.71 bits per heavy atom. The van der Waals surface area contributed by atoms with Crippen molar-refractivity contribution in [3.63, 3.8) is 0 Å². The molecule has 0 radical (unpaired) electrons. The largest absolute Gasteiger partial charge is 0.352 e. The Morgan fingerprint density at radius 1 is 0.971 bits per heavy atom. The number of nitrogens with zero attached hydrogens (tertiary/aromatic N) is 2. The number of carbonyl (C=O) groups excluding carboxylic acids is 3. The van der Waals surface area contributed by atoms with Gasteiger partial charge in [0.05, 0.1) is 0 Å². The number of benzene rings is 2. The zero-order valence-corrected chi connectivity index (χ0v) is 20.0. The van der Waals surface area contributed by atoms with Crippen LogP contribution in [0, 0.1) is 12.7 Å². The maximum atomic E-state index is 13.7. The number of hydrogen-bond donors (Lipinski definition) is 2. The predicted molar refractivity (Wildman–Crippen MR) is 133 cm³/mol. The zero-order chi connectivity index (χ0) is 25.4. The summed E-state index contributed by atoms with van der Waals surface area (Å²) in [4.78, 5) is 44.8. The minimum atomic E-state index is -1.05. The molecule has 35 heavy (non-hydrogen) atoms. The quantitative estimate of drug-likeness (QED) is 0.474. The Bertz CT molecular complexity index is 1170. The molecule has 0 saturated heterocycles. The number of pyridine rings is 1. The Balaban J connectivity index is 1.93. The molecule has 3 rings (SSSR count). The summed E-state index contributed by atoms with van der Waals surface area (Å²) in [5.74, 6) is -1.25. The number of amides is 3. The summed E-state index contributed by atoms with van der Waals surface area (Å²) in [6.07, 6.45) is 1.32. The van der Waals surface area contributed by atoms with Crippen molar-refractivity contribution in [2.45, 2.75) is 45.7 Å². The van der Waals surface area contributed by atoms with E-state index < -0.39 is 23.7 Å². The molecule has 1 heterocycles. The van der Waals surface area contributed by atoms with Gasteiger partial charge in [-0.2, -0.15) is 0 Å². The van der Waals surface area contributed by atoms with Crippen LogP contribution in [-0.2, 0) is 14.4 Å². The van der Waals surface area contributed by atoms with E-state index in [0.29, 0.717) is 17.1 Å². The molecule has 0 aliphatic rings. The smallest absolute Gasteiger partial charge is 0.248 e. The molecule has 0 spiro atoms. The first-order valence-electron chi connectivity index (χ1n) is 11.4. The van der Waals surface area contributed by atoms with Crippen LogP contribution in [0.5, 0.6) is 0 Å². The molecule has 3 aromatic rings. The van der Waals surface area contributed by atoms with Gasteiger partial charge in [-0.25, -0.2) is 9.37 Å². The molecular formula is C27H29FN4O3. The number of nitrogens with one attached hydrogen (secondary N) is 2. The summed E-state index contributed by atoms with van der Waals surface area (Å²) in [6, 6.07) is 16.6. The molecule has 0 bridgehead atoms. The summed E-state index contributed by atoms with van der Waals surface area (Å²) >= 11 is 0. The van der Waals surface area contributed by atoms with Crippen molar-refractivity contribution in [3.05, 3.63) is 89.9 Å². The highest BCUT2D eigenvalue weighted by atomic mass is 19.1. The van der Waals surface area contributed by atoms with E-state index in [-0.39, 0.29) is 24.8 Å². The summed E-state index contributed by atoms with van der Waals surface area (Å²) in [7, 11) is 0. The van der Waals surface area contributed by atoms with Crippen molar-refractivity contribution < 1.29 is 18.8 Å². The van der Waals surface area contributed by atoms with Crippen molar-refractivity contribution in [1.29, 1.82) is 0 Å². The maximum absolute atomic E-state index is 13.7. The molecule has 2 N–H and O–H groups in total. The molecule has 0 aliphatic heterocycles. The summed E-state index contributed by atoms with van der Waals surface area (Å²) < 4.78 is 13.7. The molecular weight excluding hydrogens is 447 g/mol. The van der Waals surface area contributed by atoms with Gasteiger partial charge in [0.25, 0.3) is 0 Å². The van der Waals surface area contributed by atoms with Crippen LogP contribution in [0.15, 0.2) is 72.9 Å². The van der Waals surface area contributed by atoms with E-state index >= 15 is 0 Å². The molecule has 1 aromatic heterocycles. The van der Waals surface area contributed by atoms with Crippen molar-refractivity contribution in [2.75, 3.05) is 10.2 Å². The predicted octanol–water partition coefficient (Wildman–Crippen LogP) is 4.55. The molecule has 3 amide bonds. The second-order valence-corrected chi connectivity index (χ2v) is 8.48. The Labute approximate surface area is 204 Å². The Kier molecular flexibility index (Phi) is 8.67. The Morgan fingerprint density at radius 3 is 2.34 bits per heavy atom. The third-order valence-electron chi connectivity index (χ3n) is 5.17. The van der Waals surface area contributed by atoms with Gasteiger partial charge in [0.2, 0.25) is 17.7 Å². The lowest BCUT2D eigenvalue weighted by atomic mass is 10.0. The third-order valence-corrected chi connectivity index (χ3v) is 5.17.